The Morgan fingerprint density at radius 3 is 2.44 bits per heavy atom. The molecule has 2 aromatic carbocycles. The van der Waals surface area contributed by atoms with E-state index in [1.54, 1.807) is 17.8 Å². The fraction of sp³-hybridized carbons (Fsp3) is 0. The van der Waals surface area contributed by atoms with E-state index in [0.29, 0.717) is 10.7 Å². The molecule has 2 aromatic rings. The third-order valence-electron chi connectivity index (χ3n) is 2.07. The molecule has 2 N–H and O–H groups in total. The monoisotopic (exact) mass is 313 g/mol. The van der Waals surface area contributed by atoms with Crippen LogP contribution in [0.4, 0.5) is 5.69 Å². The van der Waals surface area contributed by atoms with Crippen molar-refractivity contribution in [1.29, 1.82) is 0 Å². The second kappa shape index (κ2) is 5.13. The average molecular weight is 315 g/mol. The molecule has 0 aliphatic heterocycles. The molecule has 0 atom stereocenters. The SMILES string of the molecule is Nc1c(Cl)cccc1Sc1ccccc1Br. The Kier molecular flexibility index (Phi) is 3.79. The molecule has 2 rings (SSSR count). The molecule has 0 spiro atoms. The van der Waals surface area contributed by atoms with Gasteiger partial charge in [-0.15, -0.1) is 0 Å². The zero-order valence-corrected chi connectivity index (χ0v) is 11.4. The Bertz CT molecular complexity index is 516. The number of anilines is 1. The van der Waals surface area contributed by atoms with Gasteiger partial charge in [0, 0.05) is 14.3 Å². The highest BCUT2D eigenvalue weighted by molar-refractivity contribution is 9.10. The molecule has 0 amide bonds. The molecule has 0 heterocycles. The van der Waals surface area contributed by atoms with Crippen molar-refractivity contribution >= 4 is 45.0 Å². The third-order valence-corrected chi connectivity index (χ3v) is 4.50. The Hall–Kier alpha value is -0.640. The molecule has 0 bridgehead atoms. The molecule has 0 aliphatic rings. The lowest BCUT2D eigenvalue weighted by atomic mass is 10.3. The number of nitrogen functional groups attached to an aromatic ring is 1. The minimum Gasteiger partial charge on any atom is -0.397 e. The lowest BCUT2D eigenvalue weighted by Gasteiger charge is -2.07. The maximum Gasteiger partial charge on any atom is 0.0647 e. The van der Waals surface area contributed by atoms with Gasteiger partial charge in [0.1, 0.15) is 0 Å². The highest BCUT2D eigenvalue weighted by atomic mass is 79.9. The van der Waals surface area contributed by atoms with Crippen LogP contribution < -0.4 is 5.73 Å². The van der Waals surface area contributed by atoms with E-state index in [1.165, 1.54) is 0 Å². The van der Waals surface area contributed by atoms with E-state index in [0.717, 1.165) is 14.3 Å². The Morgan fingerprint density at radius 1 is 1.00 bits per heavy atom. The zero-order chi connectivity index (χ0) is 11.5. The first kappa shape index (κ1) is 11.8. The van der Waals surface area contributed by atoms with Gasteiger partial charge in [0.15, 0.2) is 0 Å². The van der Waals surface area contributed by atoms with Gasteiger partial charge in [0.25, 0.3) is 0 Å². The first-order valence-corrected chi connectivity index (χ1v) is 6.63. The predicted molar refractivity (Wildman–Crippen MR) is 74.1 cm³/mol. The number of halogens is 2. The van der Waals surface area contributed by atoms with Crippen LogP contribution in [0, 0.1) is 0 Å². The smallest absolute Gasteiger partial charge is 0.0647 e. The maximum absolute atomic E-state index is 5.97. The van der Waals surface area contributed by atoms with Gasteiger partial charge in [-0.3, -0.25) is 0 Å². The fourth-order valence-electron chi connectivity index (χ4n) is 1.25. The summed E-state index contributed by atoms with van der Waals surface area (Å²) in [6.45, 7) is 0. The lowest BCUT2D eigenvalue weighted by molar-refractivity contribution is 1.38. The summed E-state index contributed by atoms with van der Waals surface area (Å²) in [6.07, 6.45) is 0. The lowest BCUT2D eigenvalue weighted by Crippen LogP contribution is -1.89. The van der Waals surface area contributed by atoms with Gasteiger partial charge in [-0.1, -0.05) is 41.6 Å². The van der Waals surface area contributed by atoms with Crippen molar-refractivity contribution in [3.05, 3.63) is 52.0 Å². The van der Waals surface area contributed by atoms with E-state index in [-0.39, 0.29) is 0 Å². The van der Waals surface area contributed by atoms with Crippen LogP contribution in [0.25, 0.3) is 0 Å². The average Bonchev–Trinajstić information content (AvgIpc) is 2.28. The van der Waals surface area contributed by atoms with Crippen molar-refractivity contribution in [2.75, 3.05) is 5.73 Å². The Balaban J connectivity index is 2.35. The summed E-state index contributed by atoms with van der Waals surface area (Å²) in [5.41, 5.74) is 6.54. The van der Waals surface area contributed by atoms with Crippen molar-refractivity contribution in [3.8, 4) is 0 Å². The summed E-state index contributed by atoms with van der Waals surface area (Å²) < 4.78 is 1.05. The number of hydrogen-bond acceptors (Lipinski definition) is 2. The van der Waals surface area contributed by atoms with Crippen LogP contribution >= 0.6 is 39.3 Å². The molecule has 0 radical (unpaired) electrons. The van der Waals surface area contributed by atoms with Gasteiger partial charge < -0.3 is 5.73 Å². The van der Waals surface area contributed by atoms with Crippen LogP contribution in [0.2, 0.25) is 5.02 Å². The van der Waals surface area contributed by atoms with Crippen LogP contribution in [0.3, 0.4) is 0 Å². The molecule has 0 fully saturated rings. The van der Waals surface area contributed by atoms with Gasteiger partial charge >= 0.3 is 0 Å². The zero-order valence-electron chi connectivity index (χ0n) is 8.28. The molecule has 82 valence electrons. The van der Waals surface area contributed by atoms with Crippen molar-refractivity contribution < 1.29 is 0 Å². The molecule has 0 aliphatic carbocycles. The Morgan fingerprint density at radius 2 is 1.69 bits per heavy atom. The summed E-state index contributed by atoms with van der Waals surface area (Å²) in [5, 5.41) is 0.594. The fourth-order valence-corrected chi connectivity index (χ4v) is 2.93. The minimum atomic E-state index is 0.594. The van der Waals surface area contributed by atoms with E-state index >= 15 is 0 Å². The standard InChI is InChI=1S/C12H9BrClNS/c13-8-4-1-2-6-10(8)16-11-7-3-5-9(14)12(11)15/h1-7H,15H2. The van der Waals surface area contributed by atoms with Crippen molar-refractivity contribution in [2.24, 2.45) is 0 Å². The highest BCUT2D eigenvalue weighted by Crippen LogP contribution is 2.38. The summed E-state index contributed by atoms with van der Waals surface area (Å²) in [7, 11) is 0. The molecular formula is C12H9BrClNS. The number of benzene rings is 2. The first-order valence-electron chi connectivity index (χ1n) is 4.65. The minimum absolute atomic E-state index is 0.594. The molecule has 4 heteroatoms. The van der Waals surface area contributed by atoms with E-state index in [4.69, 9.17) is 17.3 Å². The van der Waals surface area contributed by atoms with Gasteiger partial charge in [0.05, 0.1) is 10.7 Å². The van der Waals surface area contributed by atoms with E-state index in [2.05, 4.69) is 15.9 Å². The van der Waals surface area contributed by atoms with Crippen molar-refractivity contribution in [1.82, 2.24) is 0 Å². The van der Waals surface area contributed by atoms with Crippen LogP contribution in [-0.2, 0) is 0 Å². The van der Waals surface area contributed by atoms with Gasteiger partial charge in [0.2, 0.25) is 0 Å². The number of hydrogen-bond donors (Lipinski definition) is 1. The second-order valence-corrected chi connectivity index (χ2v) is 5.53. The summed E-state index contributed by atoms with van der Waals surface area (Å²) in [4.78, 5) is 2.09. The number of rotatable bonds is 2. The summed E-state index contributed by atoms with van der Waals surface area (Å²) >= 11 is 11.1. The molecule has 16 heavy (non-hydrogen) atoms. The molecular weight excluding hydrogens is 306 g/mol. The normalized spacial score (nSPS) is 10.4. The maximum atomic E-state index is 5.97. The highest BCUT2D eigenvalue weighted by Gasteiger charge is 2.06. The Labute approximate surface area is 112 Å². The van der Waals surface area contributed by atoms with Gasteiger partial charge in [-0.25, -0.2) is 0 Å². The second-order valence-electron chi connectivity index (χ2n) is 3.18. The van der Waals surface area contributed by atoms with Crippen molar-refractivity contribution in [2.45, 2.75) is 9.79 Å². The largest absolute Gasteiger partial charge is 0.397 e. The summed E-state index contributed by atoms with van der Waals surface area (Å²) in [5.74, 6) is 0. The summed E-state index contributed by atoms with van der Waals surface area (Å²) in [6, 6.07) is 13.7. The quantitative estimate of drug-likeness (QED) is 0.803. The number of para-hydroxylation sites is 1. The van der Waals surface area contributed by atoms with Crippen LogP contribution in [0.15, 0.2) is 56.7 Å². The van der Waals surface area contributed by atoms with E-state index in [9.17, 15) is 0 Å². The van der Waals surface area contributed by atoms with E-state index in [1.807, 2.05) is 36.4 Å². The van der Waals surface area contributed by atoms with E-state index < -0.39 is 0 Å². The molecule has 0 saturated carbocycles. The third kappa shape index (κ3) is 2.54. The first-order chi connectivity index (χ1) is 7.68. The topological polar surface area (TPSA) is 26.0 Å². The molecule has 0 saturated heterocycles. The van der Waals surface area contributed by atoms with Crippen LogP contribution in [0.5, 0.6) is 0 Å². The van der Waals surface area contributed by atoms with Crippen molar-refractivity contribution in [3.63, 3.8) is 0 Å². The predicted octanol–water partition coefficient (Wildman–Crippen LogP) is 4.84. The van der Waals surface area contributed by atoms with Gasteiger partial charge in [-0.2, -0.15) is 0 Å². The molecule has 0 unspecified atom stereocenters. The molecule has 0 aromatic heterocycles. The van der Waals surface area contributed by atoms with Crippen LogP contribution in [-0.4, -0.2) is 0 Å². The number of nitrogens with two attached hydrogens (primary N) is 1. The van der Waals surface area contributed by atoms with Crippen LogP contribution in [0.1, 0.15) is 0 Å². The van der Waals surface area contributed by atoms with Gasteiger partial charge in [-0.05, 0) is 40.2 Å². The molecule has 1 nitrogen and oxygen atoms in total.